The molecule has 2 heterocycles. The molecule has 2 rings (SSSR count). The standard InChI is InChI=1S/C13H26N2O2/c1-13(16,6-9-17-2)10-14-11-5-8-15-7-3-4-12(11)15/h11-12,14,16H,3-10H2,1-2H3. The fraction of sp³-hybridized carbons (Fsp3) is 1.00. The molecule has 0 radical (unpaired) electrons. The minimum absolute atomic E-state index is 0.575. The predicted molar refractivity (Wildman–Crippen MR) is 68.1 cm³/mol. The maximum Gasteiger partial charge on any atom is 0.0765 e. The molecule has 0 amide bonds. The Kier molecular flexibility index (Phi) is 4.42. The Hall–Kier alpha value is -0.160. The summed E-state index contributed by atoms with van der Waals surface area (Å²) in [6.45, 7) is 5.67. The van der Waals surface area contributed by atoms with Crippen molar-refractivity contribution < 1.29 is 9.84 Å². The number of rotatable bonds is 6. The third kappa shape index (κ3) is 3.41. The highest BCUT2D eigenvalue weighted by atomic mass is 16.5. The summed E-state index contributed by atoms with van der Waals surface area (Å²) in [7, 11) is 1.68. The topological polar surface area (TPSA) is 44.7 Å². The minimum Gasteiger partial charge on any atom is -0.389 e. The molecule has 3 atom stereocenters. The largest absolute Gasteiger partial charge is 0.389 e. The van der Waals surface area contributed by atoms with Gasteiger partial charge >= 0.3 is 0 Å². The van der Waals surface area contributed by atoms with Crippen LogP contribution in [0.1, 0.15) is 32.6 Å². The van der Waals surface area contributed by atoms with E-state index >= 15 is 0 Å². The molecule has 17 heavy (non-hydrogen) atoms. The van der Waals surface area contributed by atoms with E-state index in [9.17, 15) is 5.11 Å². The number of fused-ring (bicyclic) bond motifs is 1. The highest BCUT2D eigenvalue weighted by molar-refractivity contribution is 4.96. The van der Waals surface area contributed by atoms with Gasteiger partial charge in [-0.1, -0.05) is 0 Å². The number of nitrogens with zero attached hydrogens (tertiary/aromatic N) is 1. The first-order chi connectivity index (χ1) is 8.12. The van der Waals surface area contributed by atoms with Crippen molar-refractivity contribution in [1.82, 2.24) is 10.2 Å². The van der Waals surface area contributed by atoms with E-state index in [0.717, 1.165) is 0 Å². The zero-order chi connectivity index (χ0) is 12.3. The lowest BCUT2D eigenvalue weighted by molar-refractivity contribution is 0.0221. The van der Waals surface area contributed by atoms with Crippen LogP contribution in [0, 0.1) is 0 Å². The SMILES string of the molecule is COCCC(C)(O)CNC1CCN2CCCC12. The summed E-state index contributed by atoms with van der Waals surface area (Å²) in [4.78, 5) is 2.58. The van der Waals surface area contributed by atoms with Crippen molar-refractivity contribution in [2.45, 2.75) is 50.3 Å². The average Bonchev–Trinajstić information content (AvgIpc) is 2.86. The molecule has 3 unspecified atom stereocenters. The molecule has 2 saturated heterocycles. The van der Waals surface area contributed by atoms with Crippen molar-refractivity contribution in [3.8, 4) is 0 Å². The monoisotopic (exact) mass is 242 g/mol. The first-order valence-corrected chi connectivity index (χ1v) is 6.81. The summed E-state index contributed by atoms with van der Waals surface area (Å²) in [6, 6.07) is 1.29. The zero-order valence-corrected chi connectivity index (χ0v) is 11.1. The second-order valence-corrected chi connectivity index (χ2v) is 5.76. The lowest BCUT2D eigenvalue weighted by Gasteiger charge is -2.28. The first-order valence-electron chi connectivity index (χ1n) is 6.81. The van der Waals surface area contributed by atoms with Crippen LogP contribution in [0.3, 0.4) is 0 Å². The van der Waals surface area contributed by atoms with Crippen molar-refractivity contribution in [2.75, 3.05) is 33.4 Å². The molecule has 0 aliphatic carbocycles. The van der Waals surface area contributed by atoms with Gasteiger partial charge in [-0.15, -0.1) is 0 Å². The number of nitrogens with one attached hydrogen (secondary N) is 1. The maximum atomic E-state index is 10.2. The van der Waals surface area contributed by atoms with E-state index < -0.39 is 5.60 Å². The van der Waals surface area contributed by atoms with Crippen LogP contribution in [0.15, 0.2) is 0 Å². The van der Waals surface area contributed by atoms with Gasteiger partial charge in [-0.05, 0) is 32.7 Å². The van der Waals surface area contributed by atoms with Gasteiger partial charge in [0.2, 0.25) is 0 Å². The molecule has 0 aromatic heterocycles. The molecule has 2 aliphatic rings. The Morgan fingerprint density at radius 3 is 3.00 bits per heavy atom. The number of hydrogen-bond acceptors (Lipinski definition) is 4. The first kappa shape index (κ1) is 13.3. The van der Waals surface area contributed by atoms with Crippen molar-refractivity contribution in [3.63, 3.8) is 0 Å². The molecule has 2 fully saturated rings. The van der Waals surface area contributed by atoms with E-state index in [2.05, 4.69) is 10.2 Å². The molecule has 2 N–H and O–H groups in total. The Labute approximate surface area is 104 Å². The third-order valence-electron chi connectivity index (χ3n) is 4.20. The predicted octanol–water partition coefficient (Wildman–Crippen LogP) is 0.600. The molecule has 2 aliphatic heterocycles. The summed E-state index contributed by atoms with van der Waals surface area (Å²) in [5.74, 6) is 0. The quantitative estimate of drug-likeness (QED) is 0.716. The summed E-state index contributed by atoms with van der Waals surface area (Å²) in [6.07, 6.45) is 4.57. The van der Waals surface area contributed by atoms with Gasteiger partial charge < -0.3 is 15.2 Å². The van der Waals surface area contributed by atoms with Gasteiger partial charge in [0.25, 0.3) is 0 Å². The second kappa shape index (κ2) is 5.65. The number of ether oxygens (including phenoxy) is 1. The van der Waals surface area contributed by atoms with Crippen LogP contribution in [0.5, 0.6) is 0 Å². The summed E-state index contributed by atoms with van der Waals surface area (Å²) >= 11 is 0. The van der Waals surface area contributed by atoms with Gasteiger partial charge in [-0.2, -0.15) is 0 Å². The molecule has 4 heteroatoms. The number of aliphatic hydroxyl groups is 1. The van der Waals surface area contributed by atoms with Crippen molar-refractivity contribution >= 4 is 0 Å². The van der Waals surface area contributed by atoms with Crippen molar-refractivity contribution in [2.24, 2.45) is 0 Å². The lowest BCUT2D eigenvalue weighted by Crippen LogP contribution is -2.47. The van der Waals surface area contributed by atoms with E-state index in [1.54, 1.807) is 7.11 Å². The number of hydrogen-bond donors (Lipinski definition) is 2. The third-order valence-corrected chi connectivity index (χ3v) is 4.20. The Morgan fingerprint density at radius 1 is 1.41 bits per heavy atom. The highest BCUT2D eigenvalue weighted by Crippen LogP contribution is 2.28. The van der Waals surface area contributed by atoms with Gasteiger partial charge in [-0.3, -0.25) is 4.90 Å². The normalized spacial score (nSPS) is 32.6. The van der Waals surface area contributed by atoms with Gasteiger partial charge in [0.05, 0.1) is 5.60 Å². The summed E-state index contributed by atoms with van der Waals surface area (Å²) in [5, 5.41) is 13.7. The Morgan fingerprint density at radius 2 is 2.24 bits per heavy atom. The molecule has 0 bridgehead atoms. The van der Waals surface area contributed by atoms with E-state index in [1.807, 2.05) is 6.92 Å². The summed E-state index contributed by atoms with van der Waals surface area (Å²) < 4.78 is 5.02. The van der Waals surface area contributed by atoms with Crippen LogP contribution in [0.2, 0.25) is 0 Å². The zero-order valence-electron chi connectivity index (χ0n) is 11.1. The van der Waals surface area contributed by atoms with E-state index in [0.29, 0.717) is 31.7 Å². The smallest absolute Gasteiger partial charge is 0.0765 e. The van der Waals surface area contributed by atoms with E-state index in [1.165, 1.54) is 32.4 Å². The van der Waals surface area contributed by atoms with Gasteiger partial charge in [0.15, 0.2) is 0 Å². The molecular weight excluding hydrogens is 216 g/mol. The van der Waals surface area contributed by atoms with Crippen LogP contribution in [0.25, 0.3) is 0 Å². The highest BCUT2D eigenvalue weighted by Gasteiger charge is 2.37. The van der Waals surface area contributed by atoms with E-state index in [-0.39, 0.29) is 0 Å². The maximum absolute atomic E-state index is 10.2. The fourth-order valence-electron chi connectivity index (χ4n) is 3.08. The minimum atomic E-state index is -0.651. The van der Waals surface area contributed by atoms with Crippen LogP contribution in [-0.2, 0) is 4.74 Å². The molecule has 0 aromatic rings. The Balaban J connectivity index is 1.74. The van der Waals surface area contributed by atoms with Gasteiger partial charge in [0, 0.05) is 45.3 Å². The van der Waals surface area contributed by atoms with Crippen molar-refractivity contribution in [1.29, 1.82) is 0 Å². The molecule has 0 aromatic carbocycles. The van der Waals surface area contributed by atoms with Crippen LogP contribution < -0.4 is 5.32 Å². The molecule has 0 spiro atoms. The lowest BCUT2D eigenvalue weighted by atomic mass is 10.0. The van der Waals surface area contributed by atoms with Crippen LogP contribution in [-0.4, -0.2) is 61.0 Å². The molecule has 100 valence electrons. The van der Waals surface area contributed by atoms with Crippen molar-refractivity contribution in [3.05, 3.63) is 0 Å². The molecular formula is C13H26N2O2. The van der Waals surface area contributed by atoms with Crippen LogP contribution >= 0.6 is 0 Å². The number of methoxy groups -OCH3 is 1. The Bertz CT molecular complexity index is 246. The molecule has 4 nitrogen and oxygen atoms in total. The van der Waals surface area contributed by atoms with Gasteiger partial charge in [0.1, 0.15) is 0 Å². The van der Waals surface area contributed by atoms with Gasteiger partial charge in [-0.25, -0.2) is 0 Å². The van der Waals surface area contributed by atoms with Crippen LogP contribution in [0.4, 0.5) is 0 Å². The average molecular weight is 242 g/mol. The summed E-state index contributed by atoms with van der Waals surface area (Å²) in [5.41, 5.74) is -0.651. The van der Waals surface area contributed by atoms with E-state index in [4.69, 9.17) is 4.74 Å². The second-order valence-electron chi connectivity index (χ2n) is 5.76. The molecule has 0 saturated carbocycles. The fourth-order valence-corrected chi connectivity index (χ4v) is 3.08.